The van der Waals surface area contributed by atoms with Gasteiger partial charge < -0.3 is 87.9 Å². The van der Waals surface area contributed by atoms with Crippen LogP contribution in [0, 0.1) is 50.7 Å². The molecule has 19 nitrogen and oxygen atoms in total. The fourth-order valence-corrected chi connectivity index (χ4v) is 18.4. The molecule has 1 aromatic heterocycles. The van der Waals surface area contributed by atoms with E-state index in [9.17, 15) is 45.6 Å². The van der Waals surface area contributed by atoms with Gasteiger partial charge in [-0.15, -0.1) is 0 Å². The van der Waals surface area contributed by atoms with Crippen molar-refractivity contribution in [3.63, 3.8) is 0 Å². The van der Waals surface area contributed by atoms with E-state index in [0.29, 0.717) is 29.6 Å². The van der Waals surface area contributed by atoms with Crippen molar-refractivity contribution < 1.29 is 87.9 Å². The number of hydrogen-bond acceptors (Lipinski definition) is 19. The summed E-state index contributed by atoms with van der Waals surface area (Å²) in [6.45, 7) is 17.8. The SMILES string of the molecule is COc1c2c(cc3oc(CO[C@@H]4O[C@H](CO[C@]56O[C@H]7C[C@@]8(C)[C@@H]9CC[C@H]%10C(C)(C)[C@@H](O[C@@H]%11OC[C@@H](O)[C@H](O)[C@H]%11O)CC[C@@]%10%11C[C@@]9%11CC[C@]8(C)[C@H]7[C@H](C)[C@H]5OC(C)(C)[C@H]6O)[C@@H](O)[C@H](O)[C@H]4O)cc(=O)c13)O[C@H](C(C)(C)O)C2. The van der Waals surface area contributed by atoms with Gasteiger partial charge in [-0.2, -0.15) is 0 Å². The zero-order chi connectivity index (χ0) is 54.4. The largest absolute Gasteiger partial charge is 0.495 e. The molecule has 12 rings (SSSR count). The van der Waals surface area contributed by atoms with Crippen LogP contribution in [-0.4, -0.2) is 164 Å². The number of aliphatic hydroxyl groups is 8. The first kappa shape index (κ1) is 54.0. The van der Waals surface area contributed by atoms with Crippen molar-refractivity contribution in [3.8, 4) is 11.5 Å². The Morgan fingerprint density at radius 1 is 0.816 bits per heavy atom. The summed E-state index contributed by atoms with van der Waals surface area (Å²) in [5.41, 5.74) is -2.08. The van der Waals surface area contributed by atoms with Crippen LogP contribution in [0.5, 0.6) is 11.5 Å². The van der Waals surface area contributed by atoms with E-state index in [-0.39, 0.29) is 93.4 Å². The zero-order valence-corrected chi connectivity index (χ0v) is 45.6. The number of benzene rings is 1. The minimum absolute atomic E-state index is 0.0713. The van der Waals surface area contributed by atoms with Gasteiger partial charge in [-0.05, 0) is 130 Å². The second-order valence-corrected chi connectivity index (χ2v) is 27.2. The van der Waals surface area contributed by atoms with Gasteiger partial charge in [-0.3, -0.25) is 4.79 Å². The Kier molecular flexibility index (Phi) is 12.6. The summed E-state index contributed by atoms with van der Waals surface area (Å²) in [6, 6.07) is 2.82. The van der Waals surface area contributed by atoms with Crippen molar-refractivity contribution in [2.24, 2.45) is 50.7 Å². The van der Waals surface area contributed by atoms with Gasteiger partial charge in [0.05, 0.1) is 43.7 Å². The lowest BCUT2D eigenvalue weighted by Gasteiger charge is -2.63. The van der Waals surface area contributed by atoms with Gasteiger partial charge >= 0.3 is 0 Å². The highest BCUT2D eigenvalue weighted by molar-refractivity contribution is 5.87. The minimum atomic E-state index is -1.73. The number of ether oxygens (including phenoxy) is 9. The van der Waals surface area contributed by atoms with Gasteiger partial charge in [0.25, 0.3) is 0 Å². The number of methoxy groups -OCH3 is 1. The molecule has 76 heavy (non-hydrogen) atoms. The van der Waals surface area contributed by atoms with Gasteiger partial charge in [0.15, 0.2) is 18.0 Å². The monoisotopic (exact) mass is 1070 g/mol. The van der Waals surface area contributed by atoms with Crippen LogP contribution >= 0.6 is 0 Å². The summed E-state index contributed by atoms with van der Waals surface area (Å²) >= 11 is 0. The molecule has 5 aliphatic heterocycles. The molecular weight excluding hydrogens is 989 g/mol. The summed E-state index contributed by atoms with van der Waals surface area (Å²) in [5.74, 6) is -0.160. The van der Waals surface area contributed by atoms with E-state index in [0.717, 1.165) is 51.4 Å². The number of hydrogen-bond donors (Lipinski definition) is 8. The van der Waals surface area contributed by atoms with Crippen LogP contribution in [0.25, 0.3) is 11.0 Å². The Balaban J connectivity index is 0.758. The molecule has 2 aromatic rings. The Labute approximate surface area is 443 Å². The molecule has 10 aliphatic rings. The first-order chi connectivity index (χ1) is 35.6. The Hall–Kier alpha value is -2.57. The van der Waals surface area contributed by atoms with Crippen LogP contribution in [0.2, 0.25) is 0 Å². The van der Waals surface area contributed by atoms with E-state index in [1.54, 1.807) is 19.9 Å². The number of fused-ring (bicyclic) bond motifs is 7. The Morgan fingerprint density at radius 2 is 1.53 bits per heavy atom. The average molecular weight is 1070 g/mol. The van der Waals surface area contributed by atoms with Crippen molar-refractivity contribution in [2.75, 3.05) is 20.3 Å². The van der Waals surface area contributed by atoms with Crippen molar-refractivity contribution >= 4 is 11.0 Å². The fourth-order valence-electron chi connectivity index (χ4n) is 18.4. The van der Waals surface area contributed by atoms with E-state index >= 15 is 0 Å². The van der Waals surface area contributed by atoms with E-state index in [2.05, 4.69) is 34.6 Å². The van der Waals surface area contributed by atoms with Crippen molar-refractivity contribution in [2.45, 2.75) is 230 Å². The summed E-state index contributed by atoms with van der Waals surface area (Å²) < 4.78 is 63.3. The molecule has 2 spiro atoms. The molecule has 5 aliphatic carbocycles. The van der Waals surface area contributed by atoms with Crippen LogP contribution in [0.1, 0.15) is 125 Å². The molecular formula is C57H82O19. The van der Waals surface area contributed by atoms with Crippen LogP contribution < -0.4 is 14.9 Å². The third kappa shape index (κ3) is 7.43. The van der Waals surface area contributed by atoms with Gasteiger partial charge in [0, 0.05) is 24.1 Å². The maximum atomic E-state index is 13.6. The molecule has 0 bridgehead atoms. The van der Waals surface area contributed by atoms with Crippen molar-refractivity contribution in [1.82, 2.24) is 0 Å². The third-order valence-corrected chi connectivity index (χ3v) is 22.4. The molecule has 9 fully saturated rings. The minimum Gasteiger partial charge on any atom is -0.495 e. The van der Waals surface area contributed by atoms with Crippen molar-refractivity contribution in [1.29, 1.82) is 0 Å². The normalized spacial score (nSPS) is 49.6. The first-order valence-electron chi connectivity index (χ1n) is 27.9. The van der Waals surface area contributed by atoms with E-state index < -0.39 is 96.0 Å². The molecule has 4 saturated heterocycles. The Bertz CT molecular complexity index is 2650. The molecule has 0 amide bonds. The maximum absolute atomic E-state index is 13.6. The van der Waals surface area contributed by atoms with E-state index in [4.69, 9.17) is 47.0 Å². The predicted octanol–water partition coefficient (Wildman–Crippen LogP) is 3.36. The summed E-state index contributed by atoms with van der Waals surface area (Å²) in [5, 5.41) is 88.4. The zero-order valence-electron chi connectivity index (χ0n) is 45.6. The van der Waals surface area contributed by atoms with Gasteiger partial charge in [-0.1, -0.05) is 34.6 Å². The highest BCUT2D eigenvalue weighted by Crippen LogP contribution is 2.89. The van der Waals surface area contributed by atoms with Crippen molar-refractivity contribution in [3.05, 3.63) is 33.7 Å². The predicted molar refractivity (Wildman–Crippen MR) is 268 cm³/mol. The number of rotatable bonds is 10. The second kappa shape index (κ2) is 17.7. The molecule has 1 aromatic carbocycles. The Morgan fingerprint density at radius 3 is 2.25 bits per heavy atom. The van der Waals surface area contributed by atoms with Gasteiger partial charge in [0.1, 0.15) is 95.9 Å². The average Bonchev–Trinajstić information content (AvgIpc) is 3.77. The molecule has 8 N–H and O–H groups in total. The first-order valence-corrected chi connectivity index (χ1v) is 27.9. The molecule has 0 unspecified atom stereocenters. The molecule has 0 radical (unpaired) electrons. The topological polar surface area (TPSA) is 275 Å². The lowest BCUT2D eigenvalue weighted by Crippen LogP contribution is -2.65. The third-order valence-electron chi connectivity index (χ3n) is 22.4. The van der Waals surface area contributed by atoms with Gasteiger partial charge in [-0.25, -0.2) is 0 Å². The lowest BCUT2D eigenvalue weighted by atomic mass is 9.41. The summed E-state index contributed by atoms with van der Waals surface area (Å²) in [4.78, 5) is 13.6. The molecule has 424 valence electrons. The quantitative estimate of drug-likeness (QED) is 0.159. The smallest absolute Gasteiger partial charge is 0.225 e. The fraction of sp³-hybridized carbons (Fsp3) is 0.842. The van der Waals surface area contributed by atoms with Gasteiger partial charge in [0.2, 0.25) is 5.79 Å². The number of aliphatic hydroxyl groups excluding tert-OH is 7. The van der Waals surface area contributed by atoms with Crippen LogP contribution in [0.4, 0.5) is 0 Å². The van der Waals surface area contributed by atoms with E-state index in [1.165, 1.54) is 13.2 Å². The molecule has 19 heteroatoms. The van der Waals surface area contributed by atoms with Crippen LogP contribution in [-0.2, 0) is 46.2 Å². The molecule has 23 atom stereocenters. The highest BCUT2D eigenvalue weighted by atomic mass is 16.8. The van der Waals surface area contributed by atoms with Crippen LogP contribution in [0.15, 0.2) is 21.3 Å². The highest BCUT2D eigenvalue weighted by Gasteiger charge is 2.84. The van der Waals surface area contributed by atoms with Crippen LogP contribution in [0.3, 0.4) is 0 Å². The summed E-state index contributed by atoms with van der Waals surface area (Å²) in [6.07, 6.45) is -7.50. The van der Waals surface area contributed by atoms with E-state index in [1.807, 2.05) is 13.8 Å². The maximum Gasteiger partial charge on any atom is 0.225 e. The molecule has 6 heterocycles. The summed E-state index contributed by atoms with van der Waals surface area (Å²) in [7, 11) is 1.45. The molecule has 5 saturated carbocycles. The standard InChI is InChI=1S/C57H82O19/c1-25-39-32(20-54(9)35-12-11-34-50(2,3)36(74-48-43(63)40(60)29(59)22-69-48)13-14-55(34)24-56(35,55)16-15-53(39,54)8)75-57(46(25)76-52(6,7)49(57)65)70-23-33-41(61)42(62)44(64)47(73-33)68-21-26-17-28(58)38-31(71-26)19-30-27(45(38)67-10)18-37(72-30)51(4,5)66/h17,19,25,29,32-37,39-44,46-49,59-66H,11-16,18,20-24H2,1-10H3/t25-,29+,32-,33+,34-,35-,36-,37-,39-,40-,41+,42-,43+,44+,46+,47+,48-,49+,53+,54-,55+,56-,57-/m0/s1. The lowest BCUT2D eigenvalue weighted by molar-refractivity contribution is -0.365. The second-order valence-electron chi connectivity index (χ2n) is 27.2.